The number of carbonyl (C=O) groups excluding carboxylic acids is 1. The van der Waals surface area contributed by atoms with Crippen LogP contribution in [0.5, 0.6) is 5.88 Å². The van der Waals surface area contributed by atoms with Gasteiger partial charge in [0, 0.05) is 30.6 Å². The lowest BCUT2D eigenvalue weighted by Gasteiger charge is -2.14. The fourth-order valence-corrected chi connectivity index (χ4v) is 2.55. The lowest BCUT2D eigenvalue weighted by molar-refractivity contribution is -0.123. The summed E-state index contributed by atoms with van der Waals surface area (Å²) in [7, 11) is 1.48. The normalized spacial score (nSPS) is 11.6. The van der Waals surface area contributed by atoms with Crippen LogP contribution in [-0.2, 0) is 11.2 Å². The van der Waals surface area contributed by atoms with Crippen molar-refractivity contribution in [3.63, 3.8) is 0 Å². The molecular weight excluding hydrogens is 330 g/mol. The highest BCUT2D eigenvalue weighted by molar-refractivity contribution is 5.95. The Morgan fingerprint density at radius 3 is 2.58 bits per heavy atom. The summed E-state index contributed by atoms with van der Waals surface area (Å²) in [5.41, 5.74) is 3.00. The molecule has 0 saturated carbocycles. The lowest BCUT2D eigenvalue weighted by Crippen LogP contribution is -2.29. The first-order valence-corrected chi connectivity index (χ1v) is 8.14. The van der Waals surface area contributed by atoms with Crippen LogP contribution in [0.15, 0.2) is 67.1 Å². The Morgan fingerprint density at radius 1 is 1.15 bits per heavy atom. The largest absolute Gasteiger partial charge is 0.480 e. The molecule has 0 aliphatic carbocycles. The number of rotatable bonds is 6. The molecule has 1 unspecified atom stereocenters. The Morgan fingerprint density at radius 2 is 1.88 bits per heavy atom. The molecule has 3 rings (SSSR count). The third kappa shape index (κ3) is 4.23. The Hall–Kier alpha value is -3.25. The number of carbonyl (C=O) groups is 1. The van der Waals surface area contributed by atoms with Crippen molar-refractivity contribution >= 4 is 11.6 Å². The minimum absolute atomic E-state index is 0.229. The van der Waals surface area contributed by atoms with Crippen LogP contribution in [0.3, 0.4) is 0 Å². The fourth-order valence-electron chi connectivity index (χ4n) is 2.55. The summed E-state index contributed by atoms with van der Waals surface area (Å²) in [4.78, 5) is 20.6. The summed E-state index contributed by atoms with van der Waals surface area (Å²) in [6.45, 7) is 0. The average molecular weight is 349 g/mol. The molecule has 0 radical (unpaired) electrons. The van der Waals surface area contributed by atoms with Crippen LogP contribution in [0, 0.1) is 0 Å². The van der Waals surface area contributed by atoms with Gasteiger partial charge in [-0.25, -0.2) is 4.98 Å². The summed E-state index contributed by atoms with van der Waals surface area (Å²) in [5.74, 6) is -0.233. The molecule has 2 aromatic heterocycles. The van der Waals surface area contributed by atoms with E-state index < -0.39 is 12.0 Å². The molecule has 0 spiro atoms. The van der Waals surface area contributed by atoms with Crippen molar-refractivity contribution in [1.29, 1.82) is 0 Å². The van der Waals surface area contributed by atoms with Gasteiger partial charge < -0.3 is 15.2 Å². The van der Waals surface area contributed by atoms with Crippen molar-refractivity contribution in [2.24, 2.45) is 0 Å². The number of aliphatic hydroxyl groups is 1. The molecule has 0 saturated heterocycles. The van der Waals surface area contributed by atoms with Gasteiger partial charge in [-0.3, -0.25) is 9.78 Å². The first kappa shape index (κ1) is 17.6. The highest BCUT2D eigenvalue weighted by Crippen LogP contribution is 2.28. The topological polar surface area (TPSA) is 84.3 Å². The van der Waals surface area contributed by atoms with E-state index in [1.54, 1.807) is 24.7 Å². The maximum atomic E-state index is 12.4. The van der Waals surface area contributed by atoms with E-state index in [2.05, 4.69) is 15.3 Å². The third-order valence-corrected chi connectivity index (χ3v) is 3.89. The fraction of sp³-hybridized carbons (Fsp3) is 0.150. The van der Waals surface area contributed by atoms with Crippen LogP contribution in [0.4, 0.5) is 5.69 Å². The summed E-state index contributed by atoms with van der Waals surface area (Å²) >= 11 is 0. The van der Waals surface area contributed by atoms with E-state index in [9.17, 15) is 9.90 Å². The summed E-state index contributed by atoms with van der Waals surface area (Å²) in [5, 5.41) is 12.9. The van der Waals surface area contributed by atoms with Gasteiger partial charge in [-0.05, 0) is 29.3 Å². The van der Waals surface area contributed by atoms with E-state index in [4.69, 9.17) is 4.74 Å². The number of anilines is 1. The first-order valence-electron chi connectivity index (χ1n) is 8.14. The molecule has 0 fully saturated rings. The standard InChI is InChI=1S/C20H19N3O3/c1-26-20-17(12-16(13-22-20)15-7-9-21-10-8-15)23-19(25)18(24)11-14-5-3-2-4-6-14/h2-10,12-13,18,24H,11H2,1H3,(H,23,25). The second kappa shape index (κ2) is 8.22. The van der Waals surface area contributed by atoms with Crippen LogP contribution in [0.1, 0.15) is 5.56 Å². The van der Waals surface area contributed by atoms with Gasteiger partial charge in [-0.2, -0.15) is 0 Å². The quantitative estimate of drug-likeness (QED) is 0.715. The second-order valence-electron chi connectivity index (χ2n) is 5.71. The number of amides is 1. The monoisotopic (exact) mass is 349 g/mol. The number of ether oxygens (including phenoxy) is 1. The number of hydrogen-bond donors (Lipinski definition) is 2. The number of benzene rings is 1. The molecule has 2 heterocycles. The zero-order chi connectivity index (χ0) is 18.4. The predicted octanol–water partition coefficient (Wildman–Crippen LogP) is 2.69. The molecule has 0 bridgehead atoms. The molecule has 0 aliphatic heterocycles. The Balaban J connectivity index is 1.78. The summed E-state index contributed by atoms with van der Waals surface area (Å²) in [6, 6.07) is 14.8. The van der Waals surface area contributed by atoms with Crippen molar-refractivity contribution in [3.05, 3.63) is 72.7 Å². The molecule has 6 nitrogen and oxygen atoms in total. The molecule has 132 valence electrons. The van der Waals surface area contributed by atoms with E-state index in [1.165, 1.54) is 7.11 Å². The van der Waals surface area contributed by atoms with E-state index in [-0.39, 0.29) is 12.3 Å². The van der Waals surface area contributed by atoms with E-state index >= 15 is 0 Å². The molecule has 1 aromatic carbocycles. The minimum Gasteiger partial charge on any atom is -0.480 e. The average Bonchev–Trinajstić information content (AvgIpc) is 2.69. The van der Waals surface area contributed by atoms with Crippen LogP contribution >= 0.6 is 0 Å². The lowest BCUT2D eigenvalue weighted by atomic mass is 10.1. The molecule has 0 aliphatic rings. The zero-order valence-corrected chi connectivity index (χ0v) is 14.3. The molecular formula is C20H19N3O3. The predicted molar refractivity (Wildman–Crippen MR) is 98.8 cm³/mol. The maximum Gasteiger partial charge on any atom is 0.253 e. The number of methoxy groups -OCH3 is 1. The molecule has 1 amide bonds. The van der Waals surface area contributed by atoms with Crippen molar-refractivity contribution in [2.75, 3.05) is 12.4 Å². The third-order valence-electron chi connectivity index (χ3n) is 3.89. The van der Waals surface area contributed by atoms with Crippen LogP contribution in [0.2, 0.25) is 0 Å². The zero-order valence-electron chi connectivity index (χ0n) is 14.3. The van der Waals surface area contributed by atoms with Gasteiger partial charge in [0.15, 0.2) is 0 Å². The maximum absolute atomic E-state index is 12.4. The second-order valence-corrected chi connectivity index (χ2v) is 5.71. The smallest absolute Gasteiger partial charge is 0.253 e. The highest BCUT2D eigenvalue weighted by Gasteiger charge is 2.18. The van der Waals surface area contributed by atoms with Crippen molar-refractivity contribution in [1.82, 2.24) is 9.97 Å². The van der Waals surface area contributed by atoms with E-state index in [0.717, 1.165) is 16.7 Å². The minimum atomic E-state index is -1.17. The van der Waals surface area contributed by atoms with Gasteiger partial charge in [0.05, 0.1) is 7.11 Å². The number of nitrogens with one attached hydrogen (secondary N) is 1. The Kier molecular flexibility index (Phi) is 5.56. The van der Waals surface area contributed by atoms with Crippen LogP contribution in [-0.4, -0.2) is 34.2 Å². The summed E-state index contributed by atoms with van der Waals surface area (Å²) < 4.78 is 5.22. The van der Waals surface area contributed by atoms with Gasteiger partial charge in [-0.1, -0.05) is 30.3 Å². The van der Waals surface area contributed by atoms with Gasteiger partial charge in [0.1, 0.15) is 11.8 Å². The van der Waals surface area contributed by atoms with Crippen molar-refractivity contribution in [3.8, 4) is 17.0 Å². The van der Waals surface area contributed by atoms with E-state index in [1.807, 2.05) is 42.5 Å². The molecule has 6 heteroatoms. The Bertz CT molecular complexity index is 870. The number of nitrogens with zero attached hydrogens (tertiary/aromatic N) is 2. The highest BCUT2D eigenvalue weighted by atomic mass is 16.5. The Labute approximate surface area is 151 Å². The van der Waals surface area contributed by atoms with Crippen LogP contribution < -0.4 is 10.1 Å². The molecule has 26 heavy (non-hydrogen) atoms. The first-order chi connectivity index (χ1) is 12.7. The molecule has 1 atom stereocenters. The van der Waals surface area contributed by atoms with E-state index in [0.29, 0.717) is 5.69 Å². The molecule has 3 aromatic rings. The molecule has 2 N–H and O–H groups in total. The SMILES string of the molecule is COc1ncc(-c2ccncc2)cc1NC(=O)C(O)Cc1ccccc1. The number of pyridine rings is 2. The number of aliphatic hydroxyl groups excluding tert-OH is 1. The summed E-state index contributed by atoms with van der Waals surface area (Å²) in [6.07, 6.45) is 4.08. The van der Waals surface area contributed by atoms with Gasteiger partial charge in [0.2, 0.25) is 5.88 Å². The van der Waals surface area contributed by atoms with Gasteiger partial charge in [0.25, 0.3) is 5.91 Å². The van der Waals surface area contributed by atoms with Crippen LogP contribution in [0.25, 0.3) is 11.1 Å². The van der Waals surface area contributed by atoms with Crippen molar-refractivity contribution < 1.29 is 14.6 Å². The number of aromatic nitrogens is 2. The van der Waals surface area contributed by atoms with Gasteiger partial charge in [-0.15, -0.1) is 0 Å². The van der Waals surface area contributed by atoms with Gasteiger partial charge >= 0.3 is 0 Å². The number of hydrogen-bond acceptors (Lipinski definition) is 5. The van der Waals surface area contributed by atoms with Crippen molar-refractivity contribution in [2.45, 2.75) is 12.5 Å².